The van der Waals surface area contributed by atoms with Crippen molar-refractivity contribution in [3.05, 3.63) is 35.9 Å². The van der Waals surface area contributed by atoms with Crippen molar-refractivity contribution in [2.75, 3.05) is 0 Å². The van der Waals surface area contributed by atoms with Crippen LogP contribution in [-0.2, 0) is 6.42 Å². The van der Waals surface area contributed by atoms with Crippen molar-refractivity contribution >= 4 is 0 Å². The Balaban J connectivity index is 2.41. The molecule has 2 N–H and O–H groups in total. The zero-order valence-corrected chi connectivity index (χ0v) is 10.8. The zero-order valence-electron chi connectivity index (χ0n) is 10.8. The van der Waals surface area contributed by atoms with Gasteiger partial charge in [-0.25, -0.2) is 0 Å². The molecular formula is C15H24O2. The molecule has 1 rings (SSSR count). The van der Waals surface area contributed by atoms with Gasteiger partial charge in [-0.05, 0) is 24.3 Å². The molecule has 0 amide bonds. The summed E-state index contributed by atoms with van der Waals surface area (Å²) in [5.74, 6) is 0.209. The Morgan fingerprint density at radius 2 is 1.59 bits per heavy atom. The second kappa shape index (κ2) is 7.46. The van der Waals surface area contributed by atoms with Gasteiger partial charge in [0.2, 0.25) is 0 Å². The van der Waals surface area contributed by atoms with Crippen molar-refractivity contribution in [3.63, 3.8) is 0 Å². The monoisotopic (exact) mass is 236 g/mol. The van der Waals surface area contributed by atoms with E-state index in [1.54, 1.807) is 0 Å². The van der Waals surface area contributed by atoms with Gasteiger partial charge in [-0.2, -0.15) is 0 Å². The van der Waals surface area contributed by atoms with Crippen LogP contribution in [0.25, 0.3) is 0 Å². The quantitative estimate of drug-likeness (QED) is 0.764. The van der Waals surface area contributed by atoms with E-state index in [1.165, 1.54) is 5.56 Å². The third-order valence-corrected chi connectivity index (χ3v) is 3.50. The summed E-state index contributed by atoms with van der Waals surface area (Å²) in [7, 11) is 0. The number of aryl methyl sites for hydroxylation is 1. The van der Waals surface area contributed by atoms with Gasteiger partial charge >= 0.3 is 0 Å². The Morgan fingerprint density at radius 1 is 1.00 bits per heavy atom. The lowest BCUT2D eigenvalue weighted by atomic mass is 9.90. The highest BCUT2D eigenvalue weighted by atomic mass is 16.3. The van der Waals surface area contributed by atoms with Gasteiger partial charge in [0.25, 0.3) is 0 Å². The highest BCUT2D eigenvalue weighted by molar-refractivity contribution is 5.14. The number of hydrogen-bond acceptors (Lipinski definition) is 2. The Bertz CT molecular complexity index is 293. The molecule has 2 atom stereocenters. The summed E-state index contributed by atoms with van der Waals surface area (Å²) in [6, 6.07) is 10.1. The molecule has 0 saturated carbocycles. The van der Waals surface area contributed by atoms with E-state index < -0.39 is 12.2 Å². The molecule has 0 spiro atoms. The molecule has 1 aromatic carbocycles. The molecule has 0 aliphatic rings. The standard InChI is InChI=1S/C15H24O2/c1-3-13(4-2)15(17)14(16)11-10-12-8-6-5-7-9-12/h5-9,13-17H,3-4,10-11H2,1-2H3. The summed E-state index contributed by atoms with van der Waals surface area (Å²) in [6.07, 6.45) is 2.08. The topological polar surface area (TPSA) is 40.5 Å². The Labute approximate surface area is 104 Å². The normalized spacial score (nSPS) is 14.9. The molecule has 2 heteroatoms. The molecule has 0 bridgehead atoms. The summed E-state index contributed by atoms with van der Waals surface area (Å²) >= 11 is 0. The minimum atomic E-state index is -0.611. The minimum Gasteiger partial charge on any atom is -0.390 e. The number of rotatable bonds is 7. The van der Waals surface area contributed by atoms with E-state index in [2.05, 4.69) is 26.0 Å². The van der Waals surface area contributed by atoms with E-state index in [-0.39, 0.29) is 5.92 Å². The van der Waals surface area contributed by atoms with Crippen LogP contribution in [0.15, 0.2) is 30.3 Å². The van der Waals surface area contributed by atoms with E-state index >= 15 is 0 Å². The summed E-state index contributed by atoms with van der Waals surface area (Å²) in [5, 5.41) is 20.0. The fraction of sp³-hybridized carbons (Fsp3) is 0.600. The van der Waals surface area contributed by atoms with E-state index in [4.69, 9.17) is 0 Å². The van der Waals surface area contributed by atoms with Crippen LogP contribution < -0.4 is 0 Å². The number of aliphatic hydroxyl groups excluding tert-OH is 2. The van der Waals surface area contributed by atoms with Crippen LogP contribution in [0.3, 0.4) is 0 Å². The van der Waals surface area contributed by atoms with E-state index in [0.29, 0.717) is 6.42 Å². The average Bonchev–Trinajstić information content (AvgIpc) is 2.38. The predicted molar refractivity (Wildman–Crippen MR) is 70.8 cm³/mol. The van der Waals surface area contributed by atoms with Crippen LogP contribution in [0.1, 0.15) is 38.7 Å². The molecule has 96 valence electrons. The molecule has 0 radical (unpaired) electrons. The highest BCUT2D eigenvalue weighted by Gasteiger charge is 2.23. The van der Waals surface area contributed by atoms with Gasteiger partial charge in [0.15, 0.2) is 0 Å². The van der Waals surface area contributed by atoms with Crippen molar-refractivity contribution in [2.24, 2.45) is 5.92 Å². The van der Waals surface area contributed by atoms with Crippen LogP contribution in [-0.4, -0.2) is 22.4 Å². The molecule has 0 saturated heterocycles. The molecule has 1 aromatic rings. The van der Waals surface area contributed by atoms with Gasteiger partial charge in [-0.3, -0.25) is 0 Å². The Morgan fingerprint density at radius 3 is 2.12 bits per heavy atom. The van der Waals surface area contributed by atoms with Crippen molar-refractivity contribution in [1.82, 2.24) is 0 Å². The molecule has 0 aromatic heterocycles. The van der Waals surface area contributed by atoms with Crippen molar-refractivity contribution in [3.8, 4) is 0 Å². The van der Waals surface area contributed by atoms with Crippen LogP contribution >= 0.6 is 0 Å². The Kier molecular flexibility index (Phi) is 6.23. The molecule has 2 unspecified atom stereocenters. The minimum absolute atomic E-state index is 0.209. The number of hydrogen-bond donors (Lipinski definition) is 2. The van der Waals surface area contributed by atoms with Gasteiger partial charge in [0, 0.05) is 0 Å². The first kappa shape index (κ1) is 14.2. The first-order valence-corrected chi connectivity index (χ1v) is 6.59. The molecule has 0 aliphatic heterocycles. The maximum Gasteiger partial charge on any atom is 0.0827 e. The number of aliphatic hydroxyl groups is 2. The molecule has 17 heavy (non-hydrogen) atoms. The second-order valence-electron chi connectivity index (χ2n) is 4.66. The lowest BCUT2D eigenvalue weighted by molar-refractivity contribution is -0.0229. The smallest absolute Gasteiger partial charge is 0.0827 e. The van der Waals surface area contributed by atoms with Gasteiger partial charge in [-0.15, -0.1) is 0 Å². The summed E-state index contributed by atoms with van der Waals surface area (Å²) in [6.45, 7) is 4.11. The lowest BCUT2D eigenvalue weighted by Gasteiger charge is -2.25. The highest BCUT2D eigenvalue weighted by Crippen LogP contribution is 2.18. The van der Waals surface area contributed by atoms with E-state index in [9.17, 15) is 10.2 Å². The Hall–Kier alpha value is -0.860. The van der Waals surface area contributed by atoms with Crippen LogP contribution in [0, 0.1) is 5.92 Å². The maximum absolute atomic E-state index is 10.0. The second-order valence-corrected chi connectivity index (χ2v) is 4.66. The van der Waals surface area contributed by atoms with Crippen molar-refractivity contribution in [1.29, 1.82) is 0 Å². The molecule has 0 fully saturated rings. The van der Waals surface area contributed by atoms with Gasteiger partial charge in [0.1, 0.15) is 0 Å². The largest absolute Gasteiger partial charge is 0.390 e. The fourth-order valence-electron chi connectivity index (χ4n) is 2.22. The van der Waals surface area contributed by atoms with Crippen molar-refractivity contribution < 1.29 is 10.2 Å². The van der Waals surface area contributed by atoms with Crippen LogP contribution in [0.2, 0.25) is 0 Å². The fourth-order valence-corrected chi connectivity index (χ4v) is 2.22. The predicted octanol–water partition coefficient (Wildman–Crippen LogP) is 2.78. The lowest BCUT2D eigenvalue weighted by Crippen LogP contribution is -2.33. The van der Waals surface area contributed by atoms with Crippen molar-refractivity contribution in [2.45, 2.75) is 51.7 Å². The summed E-state index contributed by atoms with van der Waals surface area (Å²) in [4.78, 5) is 0. The summed E-state index contributed by atoms with van der Waals surface area (Å²) in [5.41, 5.74) is 1.21. The maximum atomic E-state index is 10.0. The number of benzene rings is 1. The molecule has 2 nitrogen and oxygen atoms in total. The SMILES string of the molecule is CCC(CC)C(O)C(O)CCc1ccccc1. The van der Waals surface area contributed by atoms with Gasteiger partial charge < -0.3 is 10.2 Å². The molecular weight excluding hydrogens is 212 g/mol. The average molecular weight is 236 g/mol. The third kappa shape index (κ3) is 4.49. The van der Waals surface area contributed by atoms with Crippen LogP contribution in [0.5, 0.6) is 0 Å². The molecule has 0 heterocycles. The van der Waals surface area contributed by atoms with E-state index in [0.717, 1.165) is 19.3 Å². The third-order valence-electron chi connectivity index (χ3n) is 3.50. The zero-order chi connectivity index (χ0) is 12.7. The van der Waals surface area contributed by atoms with Gasteiger partial charge in [0.05, 0.1) is 12.2 Å². The van der Waals surface area contributed by atoms with Crippen LogP contribution in [0.4, 0.5) is 0 Å². The first-order valence-electron chi connectivity index (χ1n) is 6.59. The van der Waals surface area contributed by atoms with E-state index in [1.807, 2.05) is 18.2 Å². The van der Waals surface area contributed by atoms with Gasteiger partial charge in [-0.1, -0.05) is 57.0 Å². The molecule has 0 aliphatic carbocycles. The summed E-state index contributed by atoms with van der Waals surface area (Å²) < 4.78 is 0. The first-order chi connectivity index (χ1) is 8.19.